The molecule has 41 heavy (non-hydrogen) atoms. The minimum absolute atomic E-state index is 0.251. The molecule has 0 aliphatic heterocycles. The Labute approximate surface area is 235 Å². The minimum atomic E-state index is 0.251. The zero-order valence-corrected chi connectivity index (χ0v) is 22.1. The van der Waals surface area contributed by atoms with Crippen molar-refractivity contribution in [2.75, 3.05) is 0 Å². The third-order valence-electron chi connectivity index (χ3n) is 8.60. The Hall–Kier alpha value is -5.54. The van der Waals surface area contributed by atoms with Crippen LogP contribution in [0, 0.1) is 0 Å². The van der Waals surface area contributed by atoms with Crippen LogP contribution in [-0.2, 0) is 0 Å². The molecule has 0 spiro atoms. The van der Waals surface area contributed by atoms with Crippen LogP contribution < -0.4 is 0 Å². The minimum Gasteiger partial charge on any atom is -0.506 e. The second-order valence-corrected chi connectivity index (χ2v) is 10.8. The molecule has 0 fully saturated rings. The van der Waals surface area contributed by atoms with Crippen molar-refractivity contribution in [1.29, 1.82) is 0 Å². The number of hydrogen-bond donors (Lipinski definition) is 2. The monoisotopic (exact) mass is 524 g/mol. The molecule has 9 rings (SSSR count). The van der Waals surface area contributed by atoms with E-state index in [1.165, 1.54) is 37.7 Å². The van der Waals surface area contributed by atoms with Crippen molar-refractivity contribution < 1.29 is 5.11 Å². The molecule has 0 bridgehead atoms. The zero-order chi connectivity index (χ0) is 27.1. The first-order valence-corrected chi connectivity index (χ1v) is 13.9. The molecule has 2 N–H and O–H groups in total. The standard InChI is InChI=1S/C38H24N2O/c41-37-20-25(27-14-7-10-23-8-1-3-11-26(23)27)17-19-35(37)40-34-15-6-5-13-29(34)30-21-31-33(22-36(30)40)39-32-18-16-24-9-2-4-12-28(24)38(31)32/h1-22,39,41H. The van der Waals surface area contributed by atoms with Crippen LogP contribution >= 0.6 is 0 Å². The predicted molar refractivity (Wildman–Crippen MR) is 172 cm³/mol. The van der Waals surface area contributed by atoms with Crippen molar-refractivity contribution in [3.8, 4) is 22.6 Å². The Bertz CT molecular complexity index is 2490. The molecule has 9 aromatic rings. The van der Waals surface area contributed by atoms with E-state index in [-0.39, 0.29) is 5.75 Å². The van der Waals surface area contributed by atoms with Crippen LogP contribution in [0.2, 0.25) is 0 Å². The lowest BCUT2D eigenvalue weighted by Crippen LogP contribution is -1.95. The summed E-state index contributed by atoms with van der Waals surface area (Å²) in [5, 5.41) is 21.2. The van der Waals surface area contributed by atoms with E-state index in [0.717, 1.165) is 44.3 Å². The Morgan fingerprint density at radius 2 is 1.22 bits per heavy atom. The van der Waals surface area contributed by atoms with E-state index in [1.54, 1.807) is 0 Å². The Morgan fingerprint density at radius 1 is 0.488 bits per heavy atom. The average molecular weight is 525 g/mol. The highest BCUT2D eigenvalue weighted by Crippen LogP contribution is 2.41. The molecule has 0 atom stereocenters. The van der Waals surface area contributed by atoms with Crippen LogP contribution in [0.3, 0.4) is 0 Å². The quantitative estimate of drug-likeness (QED) is 0.232. The predicted octanol–water partition coefficient (Wildman–Crippen LogP) is 10.1. The van der Waals surface area contributed by atoms with Gasteiger partial charge in [-0.1, -0.05) is 97.1 Å². The summed E-state index contributed by atoms with van der Waals surface area (Å²) >= 11 is 0. The van der Waals surface area contributed by atoms with Gasteiger partial charge in [0.2, 0.25) is 0 Å². The van der Waals surface area contributed by atoms with Gasteiger partial charge in [0.05, 0.1) is 16.7 Å². The van der Waals surface area contributed by atoms with Crippen molar-refractivity contribution in [1.82, 2.24) is 9.55 Å². The van der Waals surface area contributed by atoms with Gasteiger partial charge in [-0.25, -0.2) is 0 Å². The van der Waals surface area contributed by atoms with E-state index in [9.17, 15) is 5.11 Å². The first-order chi connectivity index (χ1) is 20.2. The highest BCUT2D eigenvalue weighted by molar-refractivity contribution is 6.24. The lowest BCUT2D eigenvalue weighted by molar-refractivity contribution is 0.473. The molecule has 2 aromatic heterocycles. The van der Waals surface area contributed by atoms with Crippen LogP contribution in [0.15, 0.2) is 133 Å². The number of phenolic OH excluding ortho intramolecular Hbond substituents is 1. The van der Waals surface area contributed by atoms with Crippen molar-refractivity contribution >= 4 is 65.2 Å². The first-order valence-electron chi connectivity index (χ1n) is 13.9. The molecule has 0 unspecified atom stereocenters. The highest BCUT2D eigenvalue weighted by atomic mass is 16.3. The Morgan fingerprint density at radius 3 is 2.07 bits per heavy atom. The molecule has 0 aliphatic rings. The number of rotatable bonds is 2. The topological polar surface area (TPSA) is 41.0 Å². The first kappa shape index (κ1) is 22.3. The van der Waals surface area contributed by atoms with Crippen molar-refractivity contribution in [3.63, 3.8) is 0 Å². The second kappa shape index (κ2) is 8.23. The van der Waals surface area contributed by atoms with E-state index < -0.39 is 0 Å². The molecule has 3 heteroatoms. The van der Waals surface area contributed by atoms with Gasteiger partial charge in [0.15, 0.2) is 0 Å². The number of nitrogens with one attached hydrogen (secondary N) is 1. The number of benzene rings is 7. The largest absolute Gasteiger partial charge is 0.506 e. The fourth-order valence-electron chi connectivity index (χ4n) is 6.75. The fourth-order valence-corrected chi connectivity index (χ4v) is 6.75. The Kier molecular flexibility index (Phi) is 4.48. The second-order valence-electron chi connectivity index (χ2n) is 10.8. The van der Waals surface area contributed by atoms with E-state index in [4.69, 9.17) is 0 Å². The number of nitrogens with zero attached hydrogens (tertiary/aromatic N) is 1. The number of aromatic amines is 1. The maximum absolute atomic E-state index is 11.5. The molecular formula is C38H24N2O. The van der Waals surface area contributed by atoms with Crippen LogP contribution in [0.25, 0.3) is 82.0 Å². The van der Waals surface area contributed by atoms with Gasteiger partial charge in [0.1, 0.15) is 5.75 Å². The molecule has 192 valence electrons. The lowest BCUT2D eigenvalue weighted by atomic mass is 9.98. The maximum Gasteiger partial charge on any atom is 0.140 e. The van der Waals surface area contributed by atoms with Gasteiger partial charge in [-0.15, -0.1) is 0 Å². The number of hydrogen-bond acceptors (Lipinski definition) is 1. The molecule has 7 aromatic carbocycles. The summed E-state index contributed by atoms with van der Waals surface area (Å²) in [6.07, 6.45) is 0. The number of H-pyrrole nitrogens is 1. The smallest absolute Gasteiger partial charge is 0.140 e. The van der Waals surface area contributed by atoms with Gasteiger partial charge in [0.25, 0.3) is 0 Å². The number of fused-ring (bicyclic) bond motifs is 9. The molecule has 0 saturated heterocycles. The van der Waals surface area contributed by atoms with Crippen LogP contribution in [-0.4, -0.2) is 14.7 Å². The summed E-state index contributed by atoms with van der Waals surface area (Å²) in [7, 11) is 0. The number of para-hydroxylation sites is 1. The molecule has 0 saturated carbocycles. The average Bonchev–Trinajstić information content (AvgIpc) is 3.55. The SMILES string of the molecule is Oc1cc(-c2cccc3ccccc23)ccc1-n1c2ccccc2c2cc3c(cc21)[nH]c1ccc2ccccc2c13. The van der Waals surface area contributed by atoms with Gasteiger partial charge in [0, 0.05) is 32.6 Å². The van der Waals surface area contributed by atoms with Gasteiger partial charge >= 0.3 is 0 Å². The van der Waals surface area contributed by atoms with E-state index in [1.807, 2.05) is 12.1 Å². The zero-order valence-electron chi connectivity index (χ0n) is 22.1. The third-order valence-corrected chi connectivity index (χ3v) is 8.60. The van der Waals surface area contributed by atoms with Crippen molar-refractivity contribution in [2.24, 2.45) is 0 Å². The van der Waals surface area contributed by atoms with E-state index in [0.29, 0.717) is 0 Å². The molecular weight excluding hydrogens is 500 g/mol. The molecule has 0 radical (unpaired) electrons. The van der Waals surface area contributed by atoms with Crippen LogP contribution in [0.4, 0.5) is 0 Å². The summed E-state index contributed by atoms with van der Waals surface area (Å²) in [5.41, 5.74) is 7.21. The summed E-state index contributed by atoms with van der Waals surface area (Å²) in [4.78, 5) is 3.67. The maximum atomic E-state index is 11.5. The van der Waals surface area contributed by atoms with Crippen molar-refractivity contribution in [2.45, 2.75) is 0 Å². The number of aromatic hydroxyl groups is 1. The number of phenols is 1. The Balaban J connectivity index is 1.32. The molecule has 2 heterocycles. The molecule has 3 nitrogen and oxygen atoms in total. The summed E-state index contributed by atoms with van der Waals surface area (Å²) in [6.45, 7) is 0. The summed E-state index contributed by atoms with van der Waals surface area (Å²) in [5.74, 6) is 0.251. The van der Waals surface area contributed by atoms with Gasteiger partial charge in [-0.05, 0) is 69.1 Å². The van der Waals surface area contributed by atoms with Crippen molar-refractivity contribution in [3.05, 3.63) is 133 Å². The van der Waals surface area contributed by atoms with E-state index in [2.05, 4.69) is 131 Å². The summed E-state index contributed by atoms with van der Waals surface area (Å²) in [6, 6.07) is 46.7. The summed E-state index contributed by atoms with van der Waals surface area (Å²) < 4.78 is 2.19. The van der Waals surface area contributed by atoms with E-state index >= 15 is 0 Å². The molecule has 0 amide bonds. The van der Waals surface area contributed by atoms with Crippen LogP contribution in [0.5, 0.6) is 5.75 Å². The fraction of sp³-hybridized carbons (Fsp3) is 0. The normalized spacial score (nSPS) is 12.0. The van der Waals surface area contributed by atoms with Gasteiger partial charge in [-0.2, -0.15) is 0 Å². The highest BCUT2D eigenvalue weighted by Gasteiger charge is 2.18. The van der Waals surface area contributed by atoms with Gasteiger partial charge < -0.3 is 14.7 Å². The van der Waals surface area contributed by atoms with Gasteiger partial charge in [-0.3, -0.25) is 0 Å². The lowest BCUT2D eigenvalue weighted by Gasteiger charge is -2.13. The third kappa shape index (κ3) is 3.14. The molecule has 0 aliphatic carbocycles. The number of aromatic nitrogens is 2. The van der Waals surface area contributed by atoms with Crippen LogP contribution in [0.1, 0.15) is 0 Å².